The average molecular weight is 246 g/mol. The molecule has 1 heterocycles. The van der Waals surface area contributed by atoms with E-state index in [9.17, 15) is 4.79 Å². The van der Waals surface area contributed by atoms with Crippen LogP contribution in [0.4, 0.5) is 6.01 Å². The van der Waals surface area contributed by atoms with Gasteiger partial charge >= 0.3 is 6.01 Å². The third-order valence-corrected chi connectivity index (χ3v) is 2.57. The van der Waals surface area contributed by atoms with Gasteiger partial charge in [0.1, 0.15) is 0 Å². The van der Waals surface area contributed by atoms with Gasteiger partial charge in [0.15, 0.2) is 6.54 Å². The van der Waals surface area contributed by atoms with E-state index in [-0.39, 0.29) is 24.3 Å². The number of carbonyl (C=O) groups excluding carboxylic acids is 1. The molecule has 0 aliphatic rings. The van der Waals surface area contributed by atoms with Gasteiger partial charge in [0.05, 0.1) is 0 Å². The van der Waals surface area contributed by atoms with E-state index in [0.29, 0.717) is 11.5 Å². The zero-order valence-electron chi connectivity index (χ0n) is 10.5. The van der Waals surface area contributed by atoms with Crippen LogP contribution in [0, 0.1) is 0 Å². The molecule has 0 unspecified atom stereocenters. The Balaban J connectivity index is 2.17. The lowest BCUT2D eigenvalue weighted by Gasteiger charge is -1.96. The number of Topliss-reactive ketones (excluding diaryl/α,β-unsaturated/α-hetero) is 1. The molecule has 18 heavy (non-hydrogen) atoms. The molecule has 0 atom stereocenters. The zero-order chi connectivity index (χ0) is 13.1. The van der Waals surface area contributed by atoms with Gasteiger partial charge < -0.3 is 4.42 Å². The summed E-state index contributed by atoms with van der Waals surface area (Å²) in [6.07, 6.45) is 0. The first-order valence-electron chi connectivity index (χ1n) is 5.82. The van der Waals surface area contributed by atoms with Crippen LogP contribution in [0.5, 0.6) is 0 Å². The highest BCUT2D eigenvalue weighted by atomic mass is 16.4. The number of hydrogen-bond acceptors (Lipinski definition) is 4. The van der Waals surface area contributed by atoms with Crippen LogP contribution in [-0.2, 0) is 6.54 Å². The van der Waals surface area contributed by atoms with Gasteiger partial charge in [-0.05, 0) is 5.10 Å². The van der Waals surface area contributed by atoms with Crippen molar-refractivity contribution in [3.05, 3.63) is 41.8 Å². The fourth-order valence-electron chi connectivity index (χ4n) is 1.55. The molecule has 0 saturated heterocycles. The van der Waals surface area contributed by atoms with E-state index in [0.717, 1.165) is 0 Å². The predicted molar refractivity (Wildman–Crippen MR) is 66.0 cm³/mol. The van der Waals surface area contributed by atoms with Crippen LogP contribution in [0.1, 0.15) is 36.0 Å². The Labute approximate surface area is 105 Å². The van der Waals surface area contributed by atoms with E-state index < -0.39 is 0 Å². The largest absolute Gasteiger partial charge is 0.475 e. The van der Waals surface area contributed by atoms with Crippen LogP contribution in [-0.4, -0.2) is 10.9 Å². The molecule has 0 aliphatic carbocycles. The van der Waals surface area contributed by atoms with Crippen LogP contribution in [0.25, 0.3) is 0 Å². The molecule has 94 valence electrons. The number of hydrogen-bond donors (Lipinski definition) is 1. The van der Waals surface area contributed by atoms with E-state index in [1.54, 1.807) is 12.1 Å². The fourth-order valence-corrected chi connectivity index (χ4v) is 1.55. The first-order chi connectivity index (χ1) is 8.58. The summed E-state index contributed by atoms with van der Waals surface area (Å²) in [5.41, 5.74) is 6.32. The standard InChI is InChI=1S/C13H15N3O2/c1-9(2)12-15-16(13(14)18-12)8-11(17)10-6-4-3-5-7-10/h3-7,9,14H,8H2,1-2H3/p+1. The summed E-state index contributed by atoms with van der Waals surface area (Å²) in [7, 11) is 0. The van der Waals surface area contributed by atoms with Gasteiger partial charge in [-0.2, -0.15) is 0 Å². The summed E-state index contributed by atoms with van der Waals surface area (Å²) >= 11 is 0. The molecule has 1 aromatic carbocycles. The maximum atomic E-state index is 12.0. The van der Waals surface area contributed by atoms with Crippen molar-refractivity contribution in [3.8, 4) is 0 Å². The monoisotopic (exact) mass is 246 g/mol. The first-order valence-corrected chi connectivity index (χ1v) is 5.82. The van der Waals surface area contributed by atoms with Gasteiger partial charge in [-0.1, -0.05) is 48.9 Å². The van der Waals surface area contributed by atoms with E-state index in [2.05, 4.69) is 5.10 Å². The van der Waals surface area contributed by atoms with Crippen molar-refractivity contribution in [3.63, 3.8) is 0 Å². The number of nitrogen functional groups attached to an aromatic ring is 1. The van der Waals surface area contributed by atoms with Crippen LogP contribution >= 0.6 is 0 Å². The molecule has 0 aliphatic heterocycles. The van der Waals surface area contributed by atoms with Crippen LogP contribution in [0.2, 0.25) is 0 Å². The summed E-state index contributed by atoms with van der Waals surface area (Å²) in [5.74, 6) is 0.629. The highest BCUT2D eigenvalue weighted by molar-refractivity contribution is 5.94. The predicted octanol–water partition coefficient (Wildman–Crippen LogP) is 1.55. The van der Waals surface area contributed by atoms with E-state index in [4.69, 9.17) is 10.2 Å². The third-order valence-electron chi connectivity index (χ3n) is 2.57. The van der Waals surface area contributed by atoms with Crippen LogP contribution in [0.15, 0.2) is 34.7 Å². The molecule has 0 fully saturated rings. The SMILES string of the molecule is CC(C)c1n[n+](CC(=O)c2ccccc2)c(N)o1. The Morgan fingerprint density at radius 2 is 2.06 bits per heavy atom. The molecular formula is C13H16N3O2+. The Morgan fingerprint density at radius 1 is 1.39 bits per heavy atom. The Morgan fingerprint density at radius 3 is 2.61 bits per heavy atom. The number of nitrogens with two attached hydrogens (primary N) is 1. The maximum absolute atomic E-state index is 12.0. The number of benzene rings is 1. The summed E-state index contributed by atoms with van der Waals surface area (Å²) in [5, 5.41) is 4.18. The lowest BCUT2D eigenvalue weighted by molar-refractivity contribution is -0.727. The number of nitrogens with zero attached hydrogens (tertiary/aromatic N) is 2. The normalized spacial score (nSPS) is 10.8. The van der Waals surface area contributed by atoms with Crippen LogP contribution < -0.4 is 10.4 Å². The summed E-state index contributed by atoms with van der Waals surface area (Å²) in [6.45, 7) is 4.00. The van der Waals surface area contributed by atoms with Gasteiger partial charge in [-0.15, -0.1) is 0 Å². The van der Waals surface area contributed by atoms with E-state index in [1.165, 1.54) is 4.68 Å². The number of aromatic nitrogens is 2. The molecule has 5 nitrogen and oxygen atoms in total. The van der Waals surface area contributed by atoms with Crippen molar-refractivity contribution in [2.45, 2.75) is 26.3 Å². The molecule has 5 heteroatoms. The molecule has 0 bridgehead atoms. The van der Waals surface area contributed by atoms with Gasteiger partial charge in [0.2, 0.25) is 11.7 Å². The van der Waals surface area contributed by atoms with Crippen molar-refractivity contribution in [1.29, 1.82) is 0 Å². The lowest BCUT2D eigenvalue weighted by atomic mass is 10.1. The van der Waals surface area contributed by atoms with Crippen molar-refractivity contribution < 1.29 is 13.9 Å². The third kappa shape index (κ3) is 2.56. The number of ketones is 1. The van der Waals surface area contributed by atoms with Crippen molar-refractivity contribution in [1.82, 2.24) is 5.10 Å². The summed E-state index contributed by atoms with van der Waals surface area (Å²) < 4.78 is 6.68. The molecule has 0 spiro atoms. The quantitative estimate of drug-likeness (QED) is 0.656. The molecule has 2 rings (SSSR count). The van der Waals surface area contributed by atoms with Crippen LogP contribution in [0.3, 0.4) is 0 Å². The molecule has 1 aromatic heterocycles. The summed E-state index contributed by atoms with van der Waals surface area (Å²) in [6, 6.07) is 9.20. The van der Waals surface area contributed by atoms with Gasteiger partial charge in [0.25, 0.3) is 0 Å². The van der Waals surface area contributed by atoms with Crippen molar-refractivity contribution >= 4 is 11.8 Å². The van der Waals surface area contributed by atoms with Crippen molar-refractivity contribution in [2.24, 2.45) is 0 Å². The first kappa shape index (κ1) is 12.3. The smallest absolute Gasteiger partial charge is 0.372 e. The minimum Gasteiger partial charge on any atom is -0.372 e. The maximum Gasteiger partial charge on any atom is 0.475 e. The Hall–Kier alpha value is -2.17. The minimum atomic E-state index is -0.0455. The Kier molecular flexibility index (Phi) is 3.41. The Bertz CT molecular complexity index is 547. The number of rotatable bonds is 4. The molecular weight excluding hydrogens is 230 g/mol. The summed E-state index contributed by atoms with van der Waals surface area (Å²) in [4.78, 5) is 12.0. The second kappa shape index (κ2) is 5.00. The fraction of sp³-hybridized carbons (Fsp3) is 0.308. The molecule has 2 N–H and O–H groups in total. The van der Waals surface area contributed by atoms with Crippen molar-refractivity contribution in [2.75, 3.05) is 5.73 Å². The minimum absolute atomic E-state index is 0.0455. The van der Waals surface area contributed by atoms with Gasteiger partial charge in [-0.3, -0.25) is 10.5 Å². The highest BCUT2D eigenvalue weighted by Gasteiger charge is 2.21. The number of carbonyl (C=O) groups is 1. The number of anilines is 1. The lowest BCUT2D eigenvalue weighted by Crippen LogP contribution is -2.42. The topological polar surface area (TPSA) is 73.0 Å². The second-order valence-electron chi connectivity index (χ2n) is 4.38. The van der Waals surface area contributed by atoms with E-state index in [1.807, 2.05) is 32.0 Å². The highest BCUT2D eigenvalue weighted by Crippen LogP contribution is 2.12. The molecule has 0 saturated carbocycles. The molecule has 2 aromatic rings. The zero-order valence-corrected chi connectivity index (χ0v) is 10.5. The van der Waals surface area contributed by atoms with Gasteiger partial charge in [-0.25, -0.2) is 0 Å². The van der Waals surface area contributed by atoms with Gasteiger partial charge in [0, 0.05) is 11.5 Å². The second-order valence-corrected chi connectivity index (χ2v) is 4.38. The van der Waals surface area contributed by atoms with E-state index >= 15 is 0 Å². The molecule has 0 radical (unpaired) electrons. The molecule has 0 amide bonds. The average Bonchev–Trinajstić information content (AvgIpc) is 2.72.